The van der Waals surface area contributed by atoms with Gasteiger partial charge in [0.1, 0.15) is 0 Å². The van der Waals surface area contributed by atoms with Crippen LogP contribution in [0.5, 0.6) is 0 Å². The number of thioether (sulfide) groups is 1. The summed E-state index contributed by atoms with van der Waals surface area (Å²) in [7, 11) is 0. The van der Waals surface area contributed by atoms with Gasteiger partial charge in [-0.2, -0.15) is 0 Å². The van der Waals surface area contributed by atoms with Crippen LogP contribution in [0.4, 0.5) is 0 Å². The summed E-state index contributed by atoms with van der Waals surface area (Å²) < 4.78 is 1.75. The normalized spacial score (nSPS) is 17.4. The number of hydrogen-bond acceptors (Lipinski definition) is 4. The molecule has 1 saturated heterocycles. The average molecular weight is 388 g/mol. The standard InChI is InChI=1S/C21H29N3O2S/c1-3-5-13-24-20(26)17-11-6-7-12-18(17)22-21(24)27-15-19(25)23-14-9-8-10-16(23)4-2/h6-7,11-12,16H,3-5,8-10,13-15H2,1-2H3. The first-order chi connectivity index (χ1) is 13.2. The molecule has 1 fully saturated rings. The Labute approximate surface area is 165 Å². The molecule has 0 aliphatic carbocycles. The topological polar surface area (TPSA) is 55.2 Å². The van der Waals surface area contributed by atoms with Gasteiger partial charge in [-0.25, -0.2) is 4.98 Å². The minimum atomic E-state index is -0.00611. The van der Waals surface area contributed by atoms with Crippen LogP contribution in [0.15, 0.2) is 34.2 Å². The van der Waals surface area contributed by atoms with Gasteiger partial charge in [0.2, 0.25) is 5.91 Å². The van der Waals surface area contributed by atoms with E-state index in [9.17, 15) is 9.59 Å². The minimum absolute atomic E-state index is 0.00611. The predicted octanol–water partition coefficient (Wildman–Crippen LogP) is 4.08. The Balaban J connectivity index is 1.82. The zero-order chi connectivity index (χ0) is 19.2. The monoisotopic (exact) mass is 387 g/mol. The largest absolute Gasteiger partial charge is 0.339 e. The van der Waals surface area contributed by atoms with Crippen molar-refractivity contribution in [1.82, 2.24) is 14.5 Å². The van der Waals surface area contributed by atoms with Crippen LogP contribution in [0.1, 0.15) is 52.4 Å². The highest BCUT2D eigenvalue weighted by molar-refractivity contribution is 7.99. The third kappa shape index (κ3) is 4.54. The van der Waals surface area contributed by atoms with Crippen molar-refractivity contribution in [3.63, 3.8) is 0 Å². The number of nitrogens with zero attached hydrogens (tertiary/aromatic N) is 3. The van der Waals surface area contributed by atoms with E-state index in [0.29, 0.717) is 34.4 Å². The maximum absolute atomic E-state index is 12.9. The lowest BCUT2D eigenvalue weighted by Crippen LogP contribution is -2.44. The number of unbranched alkanes of at least 4 members (excludes halogenated alkanes) is 1. The molecule has 2 heterocycles. The van der Waals surface area contributed by atoms with Gasteiger partial charge < -0.3 is 4.90 Å². The maximum Gasteiger partial charge on any atom is 0.262 e. The molecule has 0 spiro atoms. The number of piperidine rings is 1. The van der Waals surface area contributed by atoms with Gasteiger partial charge in [-0.1, -0.05) is 44.2 Å². The first kappa shape index (κ1) is 19.9. The second-order valence-electron chi connectivity index (χ2n) is 7.16. The summed E-state index contributed by atoms with van der Waals surface area (Å²) in [4.78, 5) is 32.5. The number of carbonyl (C=O) groups is 1. The number of fused-ring (bicyclic) bond motifs is 1. The van der Waals surface area contributed by atoms with Crippen LogP contribution in [-0.4, -0.2) is 38.7 Å². The fourth-order valence-corrected chi connectivity index (χ4v) is 4.65. The van der Waals surface area contributed by atoms with E-state index in [-0.39, 0.29) is 11.5 Å². The minimum Gasteiger partial charge on any atom is -0.339 e. The summed E-state index contributed by atoms with van der Waals surface area (Å²) in [6.45, 7) is 5.75. The molecule has 5 nitrogen and oxygen atoms in total. The van der Waals surface area contributed by atoms with Crippen molar-refractivity contribution >= 4 is 28.6 Å². The Bertz CT molecular complexity index is 849. The number of likely N-dealkylation sites (tertiary alicyclic amines) is 1. The highest BCUT2D eigenvalue weighted by Gasteiger charge is 2.25. The lowest BCUT2D eigenvalue weighted by Gasteiger charge is -2.35. The van der Waals surface area contributed by atoms with E-state index in [0.717, 1.165) is 38.6 Å². The van der Waals surface area contributed by atoms with E-state index in [2.05, 4.69) is 13.8 Å². The predicted molar refractivity (Wildman–Crippen MR) is 111 cm³/mol. The fraction of sp³-hybridized carbons (Fsp3) is 0.571. The average Bonchev–Trinajstić information content (AvgIpc) is 2.71. The van der Waals surface area contributed by atoms with Crippen molar-refractivity contribution in [3.8, 4) is 0 Å². The first-order valence-corrected chi connectivity index (χ1v) is 11.1. The molecule has 1 atom stereocenters. The quantitative estimate of drug-likeness (QED) is 0.531. The van der Waals surface area contributed by atoms with Gasteiger partial charge in [-0.15, -0.1) is 0 Å². The summed E-state index contributed by atoms with van der Waals surface area (Å²) in [5, 5.41) is 1.30. The van der Waals surface area contributed by atoms with Crippen LogP contribution < -0.4 is 5.56 Å². The third-order valence-electron chi connectivity index (χ3n) is 5.31. The van der Waals surface area contributed by atoms with Crippen molar-refractivity contribution in [2.75, 3.05) is 12.3 Å². The summed E-state index contributed by atoms with van der Waals surface area (Å²) in [6.07, 6.45) is 6.33. The van der Waals surface area contributed by atoms with E-state index >= 15 is 0 Å². The van der Waals surface area contributed by atoms with Crippen molar-refractivity contribution in [2.45, 2.75) is 70.1 Å². The van der Waals surface area contributed by atoms with Crippen molar-refractivity contribution in [1.29, 1.82) is 0 Å². The zero-order valence-electron chi connectivity index (χ0n) is 16.3. The molecular weight excluding hydrogens is 358 g/mol. The molecule has 1 aromatic heterocycles. The van der Waals surface area contributed by atoms with Gasteiger partial charge in [0, 0.05) is 19.1 Å². The number of benzene rings is 1. The molecule has 1 unspecified atom stereocenters. The zero-order valence-corrected chi connectivity index (χ0v) is 17.1. The molecule has 0 N–H and O–H groups in total. The Morgan fingerprint density at radius 2 is 2.07 bits per heavy atom. The SMILES string of the molecule is CCCCn1c(SCC(=O)N2CCCCC2CC)nc2ccccc2c1=O. The van der Waals surface area contributed by atoms with E-state index in [1.54, 1.807) is 4.57 Å². The molecule has 0 radical (unpaired) electrons. The molecule has 6 heteroatoms. The van der Waals surface area contributed by atoms with Crippen LogP contribution in [-0.2, 0) is 11.3 Å². The Hall–Kier alpha value is -1.82. The van der Waals surface area contributed by atoms with Gasteiger partial charge in [0.15, 0.2) is 5.16 Å². The maximum atomic E-state index is 12.9. The molecule has 146 valence electrons. The number of hydrogen-bond donors (Lipinski definition) is 0. The molecule has 0 bridgehead atoms. The molecule has 1 aromatic carbocycles. The summed E-state index contributed by atoms with van der Waals surface area (Å²) in [6, 6.07) is 7.81. The van der Waals surface area contributed by atoms with Crippen molar-refractivity contribution in [2.24, 2.45) is 0 Å². The van der Waals surface area contributed by atoms with E-state index in [1.165, 1.54) is 18.2 Å². The van der Waals surface area contributed by atoms with Gasteiger partial charge in [0.05, 0.1) is 16.7 Å². The summed E-state index contributed by atoms with van der Waals surface area (Å²) >= 11 is 1.40. The van der Waals surface area contributed by atoms with Crippen LogP contribution in [0.25, 0.3) is 10.9 Å². The smallest absolute Gasteiger partial charge is 0.262 e. The Morgan fingerprint density at radius 1 is 1.26 bits per heavy atom. The summed E-state index contributed by atoms with van der Waals surface area (Å²) in [5.41, 5.74) is 0.697. The van der Waals surface area contributed by atoms with Gasteiger partial charge in [-0.05, 0) is 44.2 Å². The summed E-state index contributed by atoms with van der Waals surface area (Å²) in [5.74, 6) is 0.504. The number of aromatic nitrogens is 2. The van der Waals surface area contributed by atoms with Gasteiger partial charge in [0.25, 0.3) is 5.56 Å². The third-order valence-corrected chi connectivity index (χ3v) is 6.27. The van der Waals surface area contributed by atoms with Gasteiger partial charge in [-0.3, -0.25) is 14.2 Å². The highest BCUT2D eigenvalue weighted by atomic mass is 32.2. The molecule has 1 aliphatic rings. The molecule has 1 aliphatic heterocycles. The van der Waals surface area contributed by atoms with Gasteiger partial charge >= 0.3 is 0 Å². The lowest BCUT2D eigenvalue weighted by molar-refractivity contribution is -0.132. The molecule has 27 heavy (non-hydrogen) atoms. The number of amides is 1. The Kier molecular flexibility index (Phi) is 6.94. The number of rotatable bonds is 7. The van der Waals surface area contributed by atoms with Crippen LogP contribution in [0.2, 0.25) is 0 Å². The van der Waals surface area contributed by atoms with Crippen LogP contribution in [0.3, 0.4) is 0 Å². The fourth-order valence-electron chi connectivity index (χ4n) is 3.73. The van der Waals surface area contributed by atoms with E-state index in [1.807, 2.05) is 29.2 Å². The molecule has 1 amide bonds. The number of carbonyl (C=O) groups excluding carboxylic acids is 1. The van der Waals surface area contributed by atoms with Crippen LogP contribution >= 0.6 is 11.8 Å². The second kappa shape index (κ2) is 9.40. The van der Waals surface area contributed by atoms with E-state index < -0.39 is 0 Å². The molecule has 3 rings (SSSR count). The van der Waals surface area contributed by atoms with Crippen molar-refractivity contribution < 1.29 is 4.79 Å². The Morgan fingerprint density at radius 3 is 2.85 bits per heavy atom. The number of para-hydroxylation sites is 1. The first-order valence-electron chi connectivity index (χ1n) is 10.1. The molecule has 2 aromatic rings. The lowest BCUT2D eigenvalue weighted by atomic mass is 10.0. The molecular formula is C21H29N3O2S. The second-order valence-corrected chi connectivity index (χ2v) is 8.10. The van der Waals surface area contributed by atoms with Crippen LogP contribution in [0, 0.1) is 0 Å². The van der Waals surface area contributed by atoms with E-state index in [4.69, 9.17) is 4.98 Å². The highest BCUT2D eigenvalue weighted by Crippen LogP contribution is 2.23. The molecule has 0 saturated carbocycles. The van der Waals surface area contributed by atoms with Crippen molar-refractivity contribution in [3.05, 3.63) is 34.6 Å².